The first kappa shape index (κ1) is 14.3. The molecular formula is C10H22N2O2Si. The van der Waals surface area contributed by atoms with Gasteiger partial charge in [0.15, 0.2) is 5.41 Å². The minimum atomic E-state index is -2.22. The van der Waals surface area contributed by atoms with Gasteiger partial charge in [0.2, 0.25) is 0 Å². The number of amides is 1. The van der Waals surface area contributed by atoms with Gasteiger partial charge in [-0.25, -0.2) is 5.01 Å². The fourth-order valence-corrected chi connectivity index (χ4v) is 2.18. The maximum absolute atomic E-state index is 12.0. The number of carbonyl (C=O) groups is 2. The molecule has 0 aliphatic heterocycles. The van der Waals surface area contributed by atoms with Gasteiger partial charge >= 0.3 is 0 Å². The molecule has 0 bridgehead atoms. The van der Waals surface area contributed by atoms with Gasteiger partial charge in [-0.2, -0.15) is 0 Å². The van der Waals surface area contributed by atoms with Gasteiger partial charge in [0.05, 0.1) is 0 Å². The molecule has 0 aromatic rings. The van der Waals surface area contributed by atoms with Crippen molar-refractivity contribution in [3.8, 4) is 0 Å². The lowest BCUT2D eigenvalue weighted by atomic mass is 10.2. The summed E-state index contributed by atoms with van der Waals surface area (Å²) in [6.45, 7) is 9.91. The van der Waals surface area contributed by atoms with Crippen molar-refractivity contribution < 1.29 is 9.59 Å². The van der Waals surface area contributed by atoms with Crippen molar-refractivity contribution in [2.45, 2.75) is 38.9 Å². The van der Waals surface area contributed by atoms with Crippen LogP contribution in [0.25, 0.3) is 0 Å². The van der Waals surface area contributed by atoms with Crippen LogP contribution < -0.4 is 5.43 Å². The zero-order valence-corrected chi connectivity index (χ0v) is 11.8. The minimum absolute atomic E-state index is 0.103. The predicted octanol–water partition coefficient (Wildman–Crippen LogP) is 1.20. The van der Waals surface area contributed by atoms with Crippen molar-refractivity contribution in [2.24, 2.45) is 0 Å². The van der Waals surface area contributed by atoms with E-state index < -0.39 is 14.0 Å². The lowest BCUT2D eigenvalue weighted by Crippen LogP contribution is -2.55. The molecule has 0 atom stereocenters. The van der Waals surface area contributed by atoms with Crippen LogP contribution in [-0.4, -0.2) is 38.5 Å². The van der Waals surface area contributed by atoms with E-state index in [1.807, 2.05) is 33.9 Å². The molecule has 0 saturated carbocycles. The van der Waals surface area contributed by atoms with E-state index in [1.54, 1.807) is 14.1 Å². The van der Waals surface area contributed by atoms with Gasteiger partial charge in [-0.1, -0.05) is 33.9 Å². The number of nitrogens with zero attached hydrogens (tertiary/aromatic N) is 1. The second-order valence-corrected chi connectivity index (χ2v) is 10.7. The van der Waals surface area contributed by atoms with E-state index in [1.165, 1.54) is 5.01 Å². The summed E-state index contributed by atoms with van der Waals surface area (Å²) in [4.78, 5) is 23.5. The smallest absolute Gasteiger partial charge is 0.295 e. The fourth-order valence-electron chi connectivity index (χ4n) is 0.878. The van der Waals surface area contributed by atoms with Gasteiger partial charge in [-0.3, -0.25) is 15.0 Å². The quantitative estimate of drug-likeness (QED) is 0.450. The first-order valence-electron chi connectivity index (χ1n) is 5.03. The summed E-state index contributed by atoms with van der Waals surface area (Å²) in [6, 6.07) is 0. The van der Waals surface area contributed by atoms with Gasteiger partial charge in [-0.05, 0) is 5.04 Å². The first-order chi connectivity index (χ1) is 6.50. The molecule has 1 N–H and O–H groups in total. The highest BCUT2D eigenvalue weighted by Crippen LogP contribution is 2.36. The Kier molecular flexibility index (Phi) is 4.24. The molecular weight excluding hydrogens is 208 g/mol. The highest BCUT2D eigenvalue weighted by Gasteiger charge is 2.45. The molecule has 0 saturated heterocycles. The zero-order valence-electron chi connectivity index (χ0n) is 10.8. The van der Waals surface area contributed by atoms with Crippen molar-refractivity contribution in [1.82, 2.24) is 10.4 Å². The van der Waals surface area contributed by atoms with Crippen LogP contribution in [0, 0.1) is 0 Å². The summed E-state index contributed by atoms with van der Waals surface area (Å²) in [5, 5.41) is 1.14. The van der Waals surface area contributed by atoms with E-state index >= 15 is 0 Å². The van der Waals surface area contributed by atoms with E-state index in [0.29, 0.717) is 0 Å². The Morgan fingerprint density at radius 3 is 1.80 bits per heavy atom. The Labute approximate surface area is 93.0 Å². The summed E-state index contributed by atoms with van der Waals surface area (Å²) in [7, 11) is 1.17. The van der Waals surface area contributed by atoms with Gasteiger partial charge in [0.1, 0.15) is 8.07 Å². The fraction of sp³-hybridized carbons (Fsp3) is 0.800. The number of rotatable bonds is 3. The average molecular weight is 230 g/mol. The standard InChI is InChI=1S/C10H22N2O2Si/c1-10(2,3)15(6,7)9(14)8(13)11-12(4)5/h1-7H3,(H,11,13). The molecule has 4 nitrogen and oxygen atoms in total. The summed E-state index contributed by atoms with van der Waals surface area (Å²) in [6.07, 6.45) is 0. The second kappa shape index (κ2) is 4.45. The Morgan fingerprint density at radius 2 is 1.53 bits per heavy atom. The van der Waals surface area contributed by atoms with E-state index in [-0.39, 0.29) is 10.4 Å². The number of hydrogen-bond donors (Lipinski definition) is 1. The number of hydrazine groups is 1. The maximum atomic E-state index is 12.0. The van der Waals surface area contributed by atoms with Crippen LogP contribution in [0.3, 0.4) is 0 Å². The molecule has 0 aliphatic rings. The van der Waals surface area contributed by atoms with Crippen molar-refractivity contribution >= 4 is 19.4 Å². The van der Waals surface area contributed by atoms with Crippen LogP contribution in [0.1, 0.15) is 20.8 Å². The number of carbonyl (C=O) groups excluding carboxylic acids is 2. The average Bonchev–Trinajstić information content (AvgIpc) is 1.99. The number of nitrogens with one attached hydrogen (secondary N) is 1. The third kappa shape index (κ3) is 3.42. The topological polar surface area (TPSA) is 49.4 Å². The SMILES string of the molecule is CN(C)NC(=O)C(=O)[Si](C)(C)C(C)(C)C. The van der Waals surface area contributed by atoms with Gasteiger partial charge in [0.25, 0.3) is 5.91 Å². The largest absolute Gasteiger partial charge is 0.296 e. The molecule has 0 unspecified atom stereocenters. The van der Waals surface area contributed by atoms with Gasteiger partial charge < -0.3 is 0 Å². The lowest BCUT2D eigenvalue weighted by molar-refractivity contribution is -0.136. The van der Waals surface area contributed by atoms with Crippen LogP contribution in [0.15, 0.2) is 0 Å². The molecule has 5 heteroatoms. The van der Waals surface area contributed by atoms with E-state index in [0.717, 1.165) is 0 Å². The van der Waals surface area contributed by atoms with Crippen LogP contribution in [0.5, 0.6) is 0 Å². The molecule has 0 radical (unpaired) electrons. The Balaban J connectivity index is 4.79. The van der Waals surface area contributed by atoms with E-state index in [2.05, 4.69) is 5.43 Å². The van der Waals surface area contributed by atoms with Crippen LogP contribution in [-0.2, 0) is 9.59 Å². The Morgan fingerprint density at radius 1 is 1.13 bits per heavy atom. The molecule has 88 valence electrons. The predicted molar refractivity (Wildman–Crippen MR) is 64.0 cm³/mol. The Hall–Kier alpha value is -0.683. The van der Waals surface area contributed by atoms with Gasteiger partial charge in [0, 0.05) is 14.1 Å². The third-order valence-electron chi connectivity index (χ3n) is 2.97. The molecule has 0 fully saturated rings. The summed E-state index contributed by atoms with van der Waals surface area (Å²) in [5.41, 5.74) is 2.50. The van der Waals surface area contributed by atoms with Crippen molar-refractivity contribution in [1.29, 1.82) is 0 Å². The van der Waals surface area contributed by atoms with Crippen molar-refractivity contribution in [3.05, 3.63) is 0 Å². The molecule has 15 heavy (non-hydrogen) atoms. The minimum Gasteiger partial charge on any atom is -0.295 e. The normalized spacial score (nSPS) is 12.8. The number of hydrogen-bond acceptors (Lipinski definition) is 3. The molecule has 0 aliphatic carbocycles. The van der Waals surface area contributed by atoms with Crippen molar-refractivity contribution in [2.75, 3.05) is 14.1 Å². The van der Waals surface area contributed by atoms with E-state index in [9.17, 15) is 9.59 Å². The first-order valence-corrected chi connectivity index (χ1v) is 8.03. The Bertz CT molecular complexity index is 267. The molecule has 0 rings (SSSR count). The van der Waals surface area contributed by atoms with Crippen LogP contribution in [0.2, 0.25) is 18.1 Å². The highest BCUT2D eigenvalue weighted by atomic mass is 28.3. The molecule has 0 heterocycles. The second-order valence-electron chi connectivity index (χ2n) is 5.54. The lowest BCUT2D eigenvalue weighted by Gasteiger charge is -2.34. The van der Waals surface area contributed by atoms with E-state index in [4.69, 9.17) is 0 Å². The van der Waals surface area contributed by atoms with Crippen LogP contribution >= 0.6 is 0 Å². The molecule has 0 spiro atoms. The molecule has 1 amide bonds. The molecule has 0 aromatic heterocycles. The maximum Gasteiger partial charge on any atom is 0.296 e. The highest BCUT2D eigenvalue weighted by molar-refractivity contribution is 7.13. The summed E-state index contributed by atoms with van der Waals surface area (Å²) >= 11 is 0. The van der Waals surface area contributed by atoms with Gasteiger partial charge in [-0.15, -0.1) is 0 Å². The van der Waals surface area contributed by atoms with Crippen LogP contribution in [0.4, 0.5) is 0 Å². The monoisotopic (exact) mass is 230 g/mol. The third-order valence-corrected chi connectivity index (χ3v) is 8.09. The summed E-state index contributed by atoms with van der Waals surface area (Å²) in [5.74, 6) is -0.494. The summed E-state index contributed by atoms with van der Waals surface area (Å²) < 4.78 is 0. The van der Waals surface area contributed by atoms with Crippen molar-refractivity contribution in [3.63, 3.8) is 0 Å². The zero-order chi connectivity index (χ0) is 12.4. The molecule has 0 aromatic carbocycles.